The lowest BCUT2D eigenvalue weighted by atomic mass is 9.82. The Morgan fingerprint density at radius 1 is 0.955 bits per heavy atom. The molecule has 2 aromatic rings. The fraction of sp³-hybridized carbons (Fsp3) is 0.125. The van der Waals surface area contributed by atoms with Crippen molar-refractivity contribution in [3.05, 3.63) is 65.7 Å². The van der Waals surface area contributed by atoms with Crippen LogP contribution >= 0.6 is 0 Å². The first-order chi connectivity index (χ1) is 10.7. The van der Waals surface area contributed by atoms with Gasteiger partial charge in [0.2, 0.25) is 5.96 Å². The molecule has 0 bridgehead atoms. The second kappa shape index (κ2) is 5.40. The summed E-state index contributed by atoms with van der Waals surface area (Å²) >= 11 is 0. The van der Waals surface area contributed by atoms with Crippen molar-refractivity contribution in [1.82, 2.24) is 5.43 Å². The zero-order valence-corrected chi connectivity index (χ0v) is 12.2. The van der Waals surface area contributed by atoms with Crippen molar-refractivity contribution in [1.29, 1.82) is 0 Å². The predicted molar refractivity (Wildman–Crippen MR) is 86.6 cm³/mol. The second-order valence-electron chi connectivity index (χ2n) is 4.92. The van der Waals surface area contributed by atoms with Crippen molar-refractivity contribution < 1.29 is 4.74 Å². The third-order valence-electron chi connectivity index (χ3n) is 3.69. The van der Waals surface area contributed by atoms with Crippen molar-refractivity contribution in [2.75, 3.05) is 7.11 Å². The minimum atomic E-state index is -0.851. The number of ether oxygens (including phenoxy) is 1. The van der Waals surface area contributed by atoms with Crippen LogP contribution in [0, 0.1) is 0 Å². The number of guanidine groups is 1. The molecule has 0 fully saturated rings. The van der Waals surface area contributed by atoms with E-state index < -0.39 is 5.54 Å². The van der Waals surface area contributed by atoms with Gasteiger partial charge in [-0.3, -0.25) is 5.43 Å². The molecule has 0 spiro atoms. The van der Waals surface area contributed by atoms with E-state index in [1.54, 1.807) is 7.11 Å². The van der Waals surface area contributed by atoms with E-state index in [-0.39, 0.29) is 5.96 Å². The first-order valence-electron chi connectivity index (χ1n) is 6.82. The summed E-state index contributed by atoms with van der Waals surface area (Å²) in [5.74, 6) is 1.22. The van der Waals surface area contributed by atoms with Crippen LogP contribution in [0.3, 0.4) is 0 Å². The summed E-state index contributed by atoms with van der Waals surface area (Å²) in [4.78, 5) is 4.16. The molecule has 1 aliphatic heterocycles. The van der Waals surface area contributed by atoms with Crippen LogP contribution in [0.2, 0.25) is 0 Å². The highest BCUT2D eigenvalue weighted by Gasteiger charge is 2.40. The summed E-state index contributed by atoms with van der Waals surface area (Å²) in [7, 11) is 1.63. The van der Waals surface area contributed by atoms with Gasteiger partial charge in [-0.2, -0.15) is 4.99 Å². The molecule has 3 rings (SSSR count). The maximum Gasteiger partial charge on any atom is 0.239 e. The number of nitrogens with zero attached hydrogens (tertiary/aromatic N) is 2. The van der Waals surface area contributed by atoms with E-state index in [1.165, 1.54) is 0 Å². The van der Waals surface area contributed by atoms with Crippen LogP contribution < -0.4 is 21.6 Å². The third kappa shape index (κ3) is 2.14. The van der Waals surface area contributed by atoms with Crippen molar-refractivity contribution in [2.24, 2.45) is 21.6 Å². The van der Waals surface area contributed by atoms with E-state index in [1.807, 2.05) is 54.6 Å². The van der Waals surface area contributed by atoms with Gasteiger partial charge in [-0.15, -0.1) is 5.10 Å². The third-order valence-corrected chi connectivity index (χ3v) is 3.69. The minimum Gasteiger partial charge on any atom is -0.497 e. The normalized spacial score (nSPS) is 20.6. The fourth-order valence-electron chi connectivity index (χ4n) is 2.55. The molecule has 0 saturated heterocycles. The van der Waals surface area contributed by atoms with Crippen molar-refractivity contribution in [3.63, 3.8) is 0 Å². The lowest BCUT2D eigenvalue weighted by molar-refractivity contribution is 0.414. The molecule has 0 saturated carbocycles. The molecule has 6 heteroatoms. The number of aliphatic imine (C=N–C) groups is 1. The molecule has 6 nitrogen and oxygen atoms in total. The summed E-state index contributed by atoms with van der Waals surface area (Å²) in [6.07, 6.45) is 0. The molecular formula is C16H17N5O. The number of nitrogens with one attached hydrogen (secondary N) is 1. The van der Waals surface area contributed by atoms with E-state index in [0.29, 0.717) is 5.84 Å². The van der Waals surface area contributed by atoms with E-state index >= 15 is 0 Å². The van der Waals surface area contributed by atoms with Gasteiger partial charge in [0, 0.05) is 0 Å². The van der Waals surface area contributed by atoms with Crippen LogP contribution in [0.5, 0.6) is 5.75 Å². The number of methoxy groups -OCH3 is 1. The maximum atomic E-state index is 6.23. The highest BCUT2D eigenvalue weighted by atomic mass is 16.5. The second-order valence-corrected chi connectivity index (χ2v) is 4.92. The SMILES string of the molecule is COc1ccc(C2(c3ccccc3)NN=C(N)N=C2N)cc1. The van der Waals surface area contributed by atoms with Crippen LogP contribution in [0.15, 0.2) is 64.7 Å². The maximum absolute atomic E-state index is 6.23. The van der Waals surface area contributed by atoms with Crippen LogP contribution in [-0.2, 0) is 5.54 Å². The Bertz CT molecular complexity index is 724. The Morgan fingerprint density at radius 2 is 1.59 bits per heavy atom. The molecule has 0 radical (unpaired) electrons. The number of hydrazone groups is 1. The van der Waals surface area contributed by atoms with Crippen LogP contribution in [0.1, 0.15) is 11.1 Å². The van der Waals surface area contributed by atoms with Crippen molar-refractivity contribution in [2.45, 2.75) is 5.54 Å². The number of hydrogen-bond donors (Lipinski definition) is 3. The van der Waals surface area contributed by atoms with E-state index in [4.69, 9.17) is 16.2 Å². The summed E-state index contributed by atoms with van der Waals surface area (Å²) < 4.78 is 5.21. The largest absolute Gasteiger partial charge is 0.497 e. The summed E-state index contributed by atoms with van der Waals surface area (Å²) in [5.41, 5.74) is 15.9. The van der Waals surface area contributed by atoms with Gasteiger partial charge in [-0.05, 0) is 23.3 Å². The molecule has 2 aromatic carbocycles. The Labute approximate surface area is 128 Å². The van der Waals surface area contributed by atoms with E-state index in [0.717, 1.165) is 16.9 Å². The Hall–Kier alpha value is -3.02. The molecule has 1 atom stereocenters. The van der Waals surface area contributed by atoms with Gasteiger partial charge in [-0.25, -0.2) is 0 Å². The first-order valence-corrected chi connectivity index (χ1v) is 6.82. The number of rotatable bonds is 3. The Balaban J connectivity index is 2.18. The molecular weight excluding hydrogens is 278 g/mol. The molecule has 1 unspecified atom stereocenters. The quantitative estimate of drug-likeness (QED) is 0.790. The molecule has 1 aliphatic rings. The lowest BCUT2D eigenvalue weighted by Crippen LogP contribution is -2.55. The number of benzene rings is 2. The number of hydrogen-bond acceptors (Lipinski definition) is 6. The number of amidine groups is 1. The van der Waals surface area contributed by atoms with E-state index in [2.05, 4.69) is 15.5 Å². The summed E-state index contributed by atoms with van der Waals surface area (Å²) in [6, 6.07) is 17.4. The summed E-state index contributed by atoms with van der Waals surface area (Å²) in [6.45, 7) is 0. The van der Waals surface area contributed by atoms with Crippen molar-refractivity contribution >= 4 is 11.8 Å². The van der Waals surface area contributed by atoms with Gasteiger partial charge in [-0.1, -0.05) is 42.5 Å². The smallest absolute Gasteiger partial charge is 0.239 e. The van der Waals surface area contributed by atoms with Crippen molar-refractivity contribution in [3.8, 4) is 5.75 Å². The monoisotopic (exact) mass is 295 g/mol. The molecule has 1 heterocycles. The van der Waals surface area contributed by atoms with Gasteiger partial charge in [0.05, 0.1) is 7.11 Å². The van der Waals surface area contributed by atoms with Crippen LogP contribution in [-0.4, -0.2) is 18.9 Å². The topological polar surface area (TPSA) is 98.0 Å². The molecule has 22 heavy (non-hydrogen) atoms. The highest BCUT2D eigenvalue weighted by molar-refractivity contribution is 6.03. The molecule has 112 valence electrons. The van der Waals surface area contributed by atoms with Crippen LogP contribution in [0.4, 0.5) is 0 Å². The Kier molecular flexibility index (Phi) is 3.42. The molecule has 0 aromatic heterocycles. The van der Waals surface area contributed by atoms with E-state index in [9.17, 15) is 0 Å². The van der Waals surface area contributed by atoms with Gasteiger partial charge >= 0.3 is 0 Å². The van der Waals surface area contributed by atoms with Gasteiger partial charge in [0.25, 0.3) is 0 Å². The van der Waals surface area contributed by atoms with Crippen LogP contribution in [0.25, 0.3) is 0 Å². The minimum absolute atomic E-state index is 0.109. The fourth-order valence-corrected chi connectivity index (χ4v) is 2.55. The number of nitrogens with two attached hydrogens (primary N) is 2. The van der Waals surface area contributed by atoms with Gasteiger partial charge in [0.15, 0.2) is 5.54 Å². The lowest BCUT2D eigenvalue weighted by Gasteiger charge is -2.35. The standard InChI is InChI=1S/C16H17N5O/c1-22-13-9-7-12(8-10-13)16(11-5-3-2-4-6-11)14(17)19-15(18)20-21-16/h2-10,21H,1H3,(H4,17,18,19,20). The molecule has 0 aliphatic carbocycles. The zero-order valence-electron chi connectivity index (χ0n) is 12.2. The summed E-state index contributed by atoms with van der Waals surface area (Å²) in [5, 5.41) is 4.07. The zero-order chi connectivity index (χ0) is 15.6. The Morgan fingerprint density at radius 3 is 2.18 bits per heavy atom. The highest BCUT2D eigenvalue weighted by Crippen LogP contribution is 2.32. The molecule has 0 amide bonds. The van der Waals surface area contributed by atoms with Gasteiger partial charge < -0.3 is 16.2 Å². The van der Waals surface area contributed by atoms with Gasteiger partial charge in [0.1, 0.15) is 11.6 Å². The predicted octanol–water partition coefficient (Wildman–Crippen LogP) is 1.13. The first kappa shape index (κ1) is 13.9. The average Bonchev–Trinajstić information content (AvgIpc) is 2.56. The molecule has 5 N–H and O–H groups in total. The average molecular weight is 295 g/mol.